The van der Waals surface area contributed by atoms with Crippen molar-refractivity contribution in [3.05, 3.63) is 23.2 Å². The zero-order chi connectivity index (χ0) is 11.1. The summed E-state index contributed by atoms with van der Waals surface area (Å²) < 4.78 is 5.76. The highest BCUT2D eigenvalue weighted by Gasteiger charge is 2.37. The summed E-state index contributed by atoms with van der Waals surface area (Å²) in [5, 5.41) is 3.48. The third-order valence-corrected chi connectivity index (χ3v) is 4.14. The lowest BCUT2D eigenvalue weighted by Gasteiger charge is -2.21. The van der Waals surface area contributed by atoms with Crippen molar-refractivity contribution in [2.75, 3.05) is 19.6 Å². The Morgan fingerprint density at radius 3 is 3.06 bits per heavy atom. The minimum atomic E-state index is 0.741. The highest BCUT2D eigenvalue weighted by molar-refractivity contribution is 5.18. The number of aryl methyl sites for hydroxylation is 2. The molecule has 3 rings (SSSR count). The second-order valence-corrected chi connectivity index (χ2v) is 5.20. The predicted octanol–water partition coefficient (Wildman–Crippen LogP) is 1.69. The first-order valence-electron chi connectivity index (χ1n) is 6.24. The number of likely N-dealkylation sites (tertiary alicyclic amines) is 1. The highest BCUT2D eigenvalue weighted by Crippen LogP contribution is 2.29. The van der Waals surface area contributed by atoms with E-state index in [1.54, 1.807) is 0 Å². The second kappa shape index (κ2) is 3.90. The molecule has 2 aliphatic heterocycles. The van der Waals surface area contributed by atoms with E-state index in [0.717, 1.165) is 36.6 Å². The number of fused-ring (bicyclic) bond motifs is 1. The Bertz CT molecular complexity index is 366. The zero-order valence-electron chi connectivity index (χ0n) is 10.1. The van der Waals surface area contributed by atoms with E-state index in [4.69, 9.17) is 4.42 Å². The molecule has 3 heteroatoms. The molecule has 3 nitrogen and oxygen atoms in total. The average Bonchev–Trinajstić information content (AvgIpc) is 2.88. The van der Waals surface area contributed by atoms with Crippen molar-refractivity contribution < 1.29 is 4.42 Å². The van der Waals surface area contributed by atoms with Crippen molar-refractivity contribution in [3.63, 3.8) is 0 Å². The Morgan fingerprint density at radius 1 is 1.44 bits per heavy atom. The van der Waals surface area contributed by atoms with Crippen LogP contribution in [-0.4, -0.2) is 30.6 Å². The number of nitrogens with one attached hydrogen (secondary N) is 1. The van der Waals surface area contributed by atoms with Gasteiger partial charge in [-0.2, -0.15) is 0 Å². The molecular weight excluding hydrogens is 200 g/mol. The van der Waals surface area contributed by atoms with E-state index in [9.17, 15) is 0 Å². The Balaban J connectivity index is 1.70. The third kappa shape index (κ3) is 1.68. The Labute approximate surface area is 96.8 Å². The van der Waals surface area contributed by atoms with Crippen LogP contribution in [0.1, 0.15) is 23.5 Å². The van der Waals surface area contributed by atoms with E-state index >= 15 is 0 Å². The molecule has 0 spiro atoms. The van der Waals surface area contributed by atoms with Gasteiger partial charge in [-0.1, -0.05) is 0 Å². The molecule has 16 heavy (non-hydrogen) atoms. The normalized spacial score (nSPS) is 29.9. The quantitative estimate of drug-likeness (QED) is 0.822. The van der Waals surface area contributed by atoms with Crippen LogP contribution in [0.3, 0.4) is 0 Å². The number of nitrogens with zero attached hydrogens (tertiary/aromatic N) is 1. The van der Waals surface area contributed by atoms with Crippen LogP contribution in [0.15, 0.2) is 10.5 Å². The van der Waals surface area contributed by atoms with Crippen molar-refractivity contribution >= 4 is 0 Å². The fourth-order valence-electron chi connectivity index (χ4n) is 3.06. The summed E-state index contributed by atoms with van der Waals surface area (Å²) in [5.74, 6) is 3.06. The molecule has 0 aliphatic carbocycles. The van der Waals surface area contributed by atoms with Crippen LogP contribution in [0.25, 0.3) is 0 Å². The van der Waals surface area contributed by atoms with Gasteiger partial charge in [0, 0.05) is 12.6 Å². The first-order valence-corrected chi connectivity index (χ1v) is 6.24. The lowest BCUT2D eigenvalue weighted by molar-refractivity contribution is 0.223. The molecule has 2 saturated heterocycles. The van der Waals surface area contributed by atoms with E-state index in [0.29, 0.717) is 0 Å². The van der Waals surface area contributed by atoms with Gasteiger partial charge in [0.1, 0.15) is 11.5 Å². The molecular formula is C13H20N2O. The van der Waals surface area contributed by atoms with Gasteiger partial charge in [-0.25, -0.2) is 0 Å². The maximum Gasteiger partial charge on any atom is 0.118 e. The van der Waals surface area contributed by atoms with Gasteiger partial charge in [-0.3, -0.25) is 4.90 Å². The van der Waals surface area contributed by atoms with Crippen LogP contribution in [0, 0.1) is 19.8 Å². The summed E-state index contributed by atoms with van der Waals surface area (Å²) >= 11 is 0. The first kappa shape index (κ1) is 10.4. The summed E-state index contributed by atoms with van der Waals surface area (Å²) in [7, 11) is 0. The molecule has 0 radical (unpaired) electrons. The summed E-state index contributed by atoms with van der Waals surface area (Å²) in [4.78, 5) is 2.57. The highest BCUT2D eigenvalue weighted by atomic mass is 16.3. The molecule has 1 aromatic rings. The topological polar surface area (TPSA) is 28.4 Å². The number of rotatable bonds is 2. The number of hydrogen-bond donors (Lipinski definition) is 1. The predicted molar refractivity (Wildman–Crippen MR) is 63.4 cm³/mol. The van der Waals surface area contributed by atoms with Crippen molar-refractivity contribution in [3.8, 4) is 0 Å². The molecule has 0 bridgehead atoms. The summed E-state index contributed by atoms with van der Waals surface area (Å²) in [6.45, 7) is 8.74. The molecule has 0 saturated carbocycles. The minimum absolute atomic E-state index is 0.741. The molecule has 0 amide bonds. The van der Waals surface area contributed by atoms with E-state index in [1.807, 2.05) is 6.92 Å². The van der Waals surface area contributed by atoms with E-state index < -0.39 is 0 Å². The molecule has 3 heterocycles. The SMILES string of the molecule is Cc1cc(CN2CC[C@@H]3CNC[C@@H]32)oc1C. The van der Waals surface area contributed by atoms with E-state index in [-0.39, 0.29) is 0 Å². The minimum Gasteiger partial charge on any atom is -0.465 e. The summed E-state index contributed by atoms with van der Waals surface area (Å²) in [6, 6.07) is 2.93. The van der Waals surface area contributed by atoms with Gasteiger partial charge in [-0.05, 0) is 50.9 Å². The number of hydrogen-bond acceptors (Lipinski definition) is 3. The largest absolute Gasteiger partial charge is 0.465 e. The molecule has 2 fully saturated rings. The molecule has 2 atom stereocenters. The lowest BCUT2D eigenvalue weighted by Crippen LogP contribution is -2.33. The molecule has 2 aliphatic rings. The van der Waals surface area contributed by atoms with Gasteiger partial charge in [0.25, 0.3) is 0 Å². The first-order chi connectivity index (χ1) is 7.74. The van der Waals surface area contributed by atoms with Crippen LogP contribution < -0.4 is 5.32 Å². The van der Waals surface area contributed by atoms with E-state index in [2.05, 4.69) is 23.2 Å². The van der Waals surface area contributed by atoms with Crippen molar-refractivity contribution in [1.29, 1.82) is 0 Å². The fourth-order valence-corrected chi connectivity index (χ4v) is 3.06. The molecule has 1 N–H and O–H groups in total. The van der Waals surface area contributed by atoms with Gasteiger partial charge >= 0.3 is 0 Å². The van der Waals surface area contributed by atoms with Gasteiger partial charge < -0.3 is 9.73 Å². The maximum atomic E-state index is 5.76. The Hall–Kier alpha value is -0.800. The lowest BCUT2D eigenvalue weighted by atomic mass is 10.1. The maximum absolute atomic E-state index is 5.76. The van der Waals surface area contributed by atoms with Crippen molar-refractivity contribution in [2.24, 2.45) is 5.92 Å². The molecule has 0 aromatic carbocycles. The van der Waals surface area contributed by atoms with Gasteiger partial charge in [0.15, 0.2) is 0 Å². The van der Waals surface area contributed by atoms with Crippen molar-refractivity contribution in [1.82, 2.24) is 10.2 Å². The molecule has 0 unspecified atom stereocenters. The Morgan fingerprint density at radius 2 is 2.31 bits per heavy atom. The smallest absolute Gasteiger partial charge is 0.118 e. The van der Waals surface area contributed by atoms with E-state index in [1.165, 1.54) is 25.1 Å². The zero-order valence-corrected chi connectivity index (χ0v) is 10.1. The molecule has 88 valence electrons. The van der Waals surface area contributed by atoms with Crippen LogP contribution in [0.2, 0.25) is 0 Å². The van der Waals surface area contributed by atoms with Crippen molar-refractivity contribution in [2.45, 2.75) is 32.9 Å². The average molecular weight is 220 g/mol. The fraction of sp³-hybridized carbons (Fsp3) is 0.692. The summed E-state index contributed by atoms with van der Waals surface area (Å²) in [5.41, 5.74) is 1.27. The van der Waals surface area contributed by atoms with Gasteiger partial charge in [0.05, 0.1) is 6.54 Å². The standard InChI is InChI=1S/C13H20N2O/c1-9-5-12(16-10(9)2)8-15-4-3-11-6-14-7-13(11)15/h5,11,13-14H,3-4,6-8H2,1-2H3/t11-,13+/m1/s1. The molecule has 1 aromatic heterocycles. The van der Waals surface area contributed by atoms with Gasteiger partial charge in [-0.15, -0.1) is 0 Å². The van der Waals surface area contributed by atoms with Crippen LogP contribution in [-0.2, 0) is 6.54 Å². The van der Waals surface area contributed by atoms with Crippen LogP contribution in [0.4, 0.5) is 0 Å². The third-order valence-electron chi connectivity index (χ3n) is 4.14. The monoisotopic (exact) mass is 220 g/mol. The Kier molecular flexibility index (Phi) is 2.52. The second-order valence-electron chi connectivity index (χ2n) is 5.20. The number of furan rings is 1. The van der Waals surface area contributed by atoms with Gasteiger partial charge in [0.2, 0.25) is 0 Å². The van der Waals surface area contributed by atoms with Crippen LogP contribution in [0.5, 0.6) is 0 Å². The summed E-state index contributed by atoms with van der Waals surface area (Å²) in [6.07, 6.45) is 1.34. The van der Waals surface area contributed by atoms with Crippen LogP contribution >= 0.6 is 0 Å².